The van der Waals surface area contributed by atoms with Gasteiger partial charge in [-0.2, -0.15) is 0 Å². The molecular formula is C18H23N3O2S. The highest BCUT2D eigenvalue weighted by Gasteiger charge is 2.29. The molecule has 1 fully saturated rings. The minimum absolute atomic E-state index is 0.347. The maximum absolute atomic E-state index is 11.1. The van der Waals surface area contributed by atoms with E-state index >= 15 is 0 Å². The molecule has 0 bridgehead atoms. The van der Waals surface area contributed by atoms with Crippen molar-refractivity contribution < 1.29 is 9.90 Å². The minimum Gasteiger partial charge on any atom is -0.477 e. The molecule has 4 heterocycles. The zero-order chi connectivity index (χ0) is 16.5. The number of hydrogen-bond donors (Lipinski definition) is 1. The molecule has 1 unspecified atom stereocenters. The lowest BCUT2D eigenvalue weighted by Gasteiger charge is -2.24. The van der Waals surface area contributed by atoms with Crippen molar-refractivity contribution >= 4 is 17.3 Å². The highest BCUT2D eigenvalue weighted by Crippen LogP contribution is 2.37. The third-order valence-electron chi connectivity index (χ3n) is 5.20. The molecular weight excluding hydrogens is 322 g/mol. The molecule has 0 amide bonds. The Balaban J connectivity index is 1.53. The zero-order valence-corrected chi connectivity index (χ0v) is 14.6. The number of carboxylic acids is 1. The third kappa shape index (κ3) is 3.00. The van der Waals surface area contributed by atoms with Crippen molar-refractivity contribution in [3.63, 3.8) is 0 Å². The summed E-state index contributed by atoms with van der Waals surface area (Å²) in [5.41, 5.74) is 1.31. The SMILES string of the molecule is O=C(O)c1ccc(C2CCCN2Cc2cnc3n2CCCCC3)s1. The number of aryl methyl sites for hydroxylation is 1. The predicted molar refractivity (Wildman–Crippen MR) is 93.4 cm³/mol. The van der Waals surface area contributed by atoms with Crippen LogP contribution in [0.4, 0.5) is 0 Å². The van der Waals surface area contributed by atoms with Crippen molar-refractivity contribution in [2.45, 2.75) is 57.7 Å². The smallest absolute Gasteiger partial charge is 0.345 e. The number of carbonyl (C=O) groups is 1. The Morgan fingerprint density at radius 2 is 2.17 bits per heavy atom. The van der Waals surface area contributed by atoms with E-state index in [-0.39, 0.29) is 0 Å². The first kappa shape index (κ1) is 15.8. The molecule has 2 aromatic rings. The first-order valence-corrected chi connectivity index (χ1v) is 9.64. The van der Waals surface area contributed by atoms with E-state index in [1.807, 2.05) is 12.3 Å². The lowest BCUT2D eigenvalue weighted by molar-refractivity contribution is 0.0702. The largest absolute Gasteiger partial charge is 0.477 e. The summed E-state index contributed by atoms with van der Waals surface area (Å²) in [7, 11) is 0. The third-order valence-corrected chi connectivity index (χ3v) is 6.37. The van der Waals surface area contributed by atoms with E-state index in [9.17, 15) is 4.79 Å². The predicted octanol–water partition coefficient (Wildman–Crippen LogP) is 3.71. The van der Waals surface area contributed by atoms with E-state index in [2.05, 4.69) is 14.5 Å². The number of aromatic carboxylic acids is 1. The van der Waals surface area contributed by atoms with Gasteiger partial charge in [0, 0.05) is 36.6 Å². The molecule has 2 aromatic heterocycles. The summed E-state index contributed by atoms with van der Waals surface area (Å²) in [6.07, 6.45) is 9.21. The number of aromatic nitrogens is 2. The fraction of sp³-hybridized carbons (Fsp3) is 0.556. The second-order valence-electron chi connectivity index (χ2n) is 6.76. The van der Waals surface area contributed by atoms with Crippen molar-refractivity contribution in [2.75, 3.05) is 6.54 Å². The monoisotopic (exact) mass is 345 g/mol. The number of rotatable bonds is 4. The van der Waals surface area contributed by atoms with Crippen LogP contribution in [0.1, 0.15) is 64.2 Å². The quantitative estimate of drug-likeness (QED) is 0.918. The van der Waals surface area contributed by atoms with Gasteiger partial charge in [-0.1, -0.05) is 6.42 Å². The van der Waals surface area contributed by atoms with Gasteiger partial charge in [-0.25, -0.2) is 9.78 Å². The second-order valence-corrected chi connectivity index (χ2v) is 7.88. The van der Waals surface area contributed by atoms with Crippen LogP contribution >= 0.6 is 11.3 Å². The second kappa shape index (κ2) is 6.69. The van der Waals surface area contributed by atoms with E-state index in [1.54, 1.807) is 6.07 Å². The Bertz CT molecular complexity index is 736. The minimum atomic E-state index is -0.822. The van der Waals surface area contributed by atoms with E-state index in [1.165, 1.54) is 53.4 Å². The van der Waals surface area contributed by atoms with Crippen LogP contribution in [-0.2, 0) is 19.5 Å². The summed E-state index contributed by atoms with van der Waals surface area (Å²) in [6, 6.07) is 4.08. The molecule has 0 aliphatic carbocycles. The standard InChI is InChI=1S/C18H23N3O2S/c22-18(23)16-8-7-15(24-16)14-5-4-9-20(14)12-13-11-19-17-6-2-1-3-10-21(13)17/h7-8,11,14H,1-6,9-10,12H2,(H,22,23). The molecule has 1 saturated heterocycles. The van der Waals surface area contributed by atoms with Gasteiger partial charge in [0.15, 0.2) is 0 Å². The number of likely N-dealkylation sites (tertiary alicyclic amines) is 1. The Labute approximate surface area is 145 Å². The first-order valence-electron chi connectivity index (χ1n) is 8.83. The number of hydrogen-bond acceptors (Lipinski definition) is 4. The molecule has 24 heavy (non-hydrogen) atoms. The fourth-order valence-electron chi connectivity index (χ4n) is 3.97. The molecule has 0 radical (unpaired) electrons. The van der Waals surface area contributed by atoms with Gasteiger partial charge in [0.25, 0.3) is 0 Å². The van der Waals surface area contributed by atoms with Gasteiger partial charge >= 0.3 is 5.97 Å². The van der Waals surface area contributed by atoms with E-state index < -0.39 is 5.97 Å². The molecule has 1 N–H and O–H groups in total. The van der Waals surface area contributed by atoms with Crippen LogP contribution in [0.2, 0.25) is 0 Å². The van der Waals surface area contributed by atoms with Crippen LogP contribution in [0.3, 0.4) is 0 Å². The topological polar surface area (TPSA) is 58.4 Å². The maximum Gasteiger partial charge on any atom is 0.345 e. The normalized spacial score (nSPS) is 21.6. The van der Waals surface area contributed by atoms with Gasteiger partial charge in [0.1, 0.15) is 10.7 Å². The number of imidazole rings is 1. The molecule has 2 aliphatic rings. The molecule has 0 aromatic carbocycles. The summed E-state index contributed by atoms with van der Waals surface area (Å²) < 4.78 is 2.42. The number of carboxylic acid groups (broad SMARTS) is 1. The average molecular weight is 345 g/mol. The average Bonchev–Trinajstić information content (AvgIpc) is 3.26. The molecule has 5 nitrogen and oxygen atoms in total. The summed E-state index contributed by atoms with van der Waals surface area (Å²) in [5.74, 6) is 0.416. The Kier molecular flexibility index (Phi) is 4.41. The number of nitrogens with zero attached hydrogens (tertiary/aromatic N) is 3. The van der Waals surface area contributed by atoms with Crippen molar-refractivity contribution in [3.05, 3.63) is 39.6 Å². The molecule has 4 rings (SSSR count). The zero-order valence-electron chi connectivity index (χ0n) is 13.8. The van der Waals surface area contributed by atoms with Crippen LogP contribution < -0.4 is 0 Å². The molecule has 2 aliphatic heterocycles. The van der Waals surface area contributed by atoms with Gasteiger partial charge in [-0.05, 0) is 44.4 Å². The Morgan fingerprint density at radius 3 is 3.00 bits per heavy atom. The first-order chi connectivity index (χ1) is 11.7. The molecule has 0 saturated carbocycles. The Hall–Kier alpha value is -1.66. The van der Waals surface area contributed by atoms with Crippen LogP contribution in [0.5, 0.6) is 0 Å². The summed E-state index contributed by atoms with van der Waals surface area (Å²) in [5, 5.41) is 9.16. The fourth-order valence-corrected chi connectivity index (χ4v) is 4.99. The number of thiophene rings is 1. The van der Waals surface area contributed by atoms with Crippen molar-refractivity contribution in [2.24, 2.45) is 0 Å². The summed E-state index contributed by atoms with van der Waals surface area (Å²) in [6.45, 7) is 3.08. The van der Waals surface area contributed by atoms with Crippen molar-refractivity contribution in [1.29, 1.82) is 0 Å². The maximum atomic E-state index is 11.1. The van der Waals surface area contributed by atoms with Gasteiger partial charge in [0.05, 0.1) is 5.69 Å². The van der Waals surface area contributed by atoms with Crippen LogP contribution in [0, 0.1) is 0 Å². The molecule has 0 spiro atoms. The highest BCUT2D eigenvalue weighted by atomic mass is 32.1. The van der Waals surface area contributed by atoms with Crippen molar-refractivity contribution in [1.82, 2.24) is 14.5 Å². The highest BCUT2D eigenvalue weighted by molar-refractivity contribution is 7.14. The summed E-state index contributed by atoms with van der Waals surface area (Å²) >= 11 is 1.42. The Morgan fingerprint density at radius 1 is 1.25 bits per heavy atom. The van der Waals surface area contributed by atoms with Gasteiger partial charge in [0.2, 0.25) is 0 Å². The number of fused-ring (bicyclic) bond motifs is 1. The lowest BCUT2D eigenvalue weighted by Crippen LogP contribution is -2.24. The van der Waals surface area contributed by atoms with Crippen LogP contribution in [-0.4, -0.2) is 32.1 Å². The van der Waals surface area contributed by atoms with E-state index in [0.717, 1.165) is 32.5 Å². The molecule has 128 valence electrons. The molecule has 1 atom stereocenters. The van der Waals surface area contributed by atoms with Crippen LogP contribution in [0.15, 0.2) is 18.3 Å². The summed E-state index contributed by atoms with van der Waals surface area (Å²) in [4.78, 5) is 19.9. The molecule has 6 heteroatoms. The van der Waals surface area contributed by atoms with E-state index in [4.69, 9.17) is 5.11 Å². The van der Waals surface area contributed by atoms with Gasteiger partial charge in [-0.15, -0.1) is 11.3 Å². The van der Waals surface area contributed by atoms with Gasteiger partial charge < -0.3 is 9.67 Å². The van der Waals surface area contributed by atoms with Crippen LogP contribution in [0.25, 0.3) is 0 Å². The van der Waals surface area contributed by atoms with Gasteiger partial charge in [-0.3, -0.25) is 4.90 Å². The lowest BCUT2D eigenvalue weighted by atomic mass is 10.2. The van der Waals surface area contributed by atoms with E-state index in [0.29, 0.717) is 10.9 Å². The van der Waals surface area contributed by atoms with Crippen molar-refractivity contribution in [3.8, 4) is 0 Å².